The molecule has 0 radical (unpaired) electrons. The number of nitrogens with zero attached hydrogens (tertiary/aromatic N) is 1. The van der Waals surface area contributed by atoms with Gasteiger partial charge in [0.05, 0.1) is 5.56 Å². The molecule has 0 aliphatic heterocycles. The maximum Gasteiger partial charge on any atom is 0.256 e. The molecule has 0 atom stereocenters. The van der Waals surface area contributed by atoms with E-state index in [-0.39, 0.29) is 11.0 Å². The van der Waals surface area contributed by atoms with Crippen LogP contribution in [0.15, 0.2) is 4.79 Å². The number of hydrogen-bond acceptors (Lipinski definition) is 3. The van der Waals surface area contributed by atoms with E-state index in [0.29, 0.717) is 23.6 Å². The van der Waals surface area contributed by atoms with Crippen molar-refractivity contribution in [2.24, 2.45) is 5.41 Å². The van der Waals surface area contributed by atoms with Gasteiger partial charge in [0.2, 0.25) is 0 Å². The molecule has 0 bridgehead atoms. The molecule has 0 aliphatic carbocycles. The molecular formula is C12H21N3O. The number of H-pyrrole nitrogens is 1. The number of hydrogen-bond donors (Lipinski definition) is 2. The van der Waals surface area contributed by atoms with E-state index in [1.807, 2.05) is 6.92 Å². The number of anilines is 1. The summed E-state index contributed by atoms with van der Waals surface area (Å²) >= 11 is 0. The van der Waals surface area contributed by atoms with Crippen LogP contribution in [-0.4, -0.2) is 9.97 Å². The summed E-state index contributed by atoms with van der Waals surface area (Å²) in [4.78, 5) is 18.8. The molecular weight excluding hydrogens is 202 g/mol. The van der Waals surface area contributed by atoms with Gasteiger partial charge in [-0.2, -0.15) is 0 Å². The predicted octanol–water partition coefficient (Wildman–Crippen LogP) is 1.89. The van der Waals surface area contributed by atoms with Gasteiger partial charge in [0, 0.05) is 6.42 Å². The Balaban J connectivity index is 3.05. The average Bonchev–Trinajstić information content (AvgIpc) is 2.08. The van der Waals surface area contributed by atoms with Crippen molar-refractivity contribution in [1.29, 1.82) is 0 Å². The summed E-state index contributed by atoms with van der Waals surface area (Å²) in [6.07, 6.45) is 2.30. The first-order valence-corrected chi connectivity index (χ1v) is 5.71. The molecule has 1 rings (SSSR count). The van der Waals surface area contributed by atoms with Gasteiger partial charge in [-0.3, -0.25) is 4.79 Å². The lowest BCUT2D eigenvalue weighted by molar-refractivity contribution is 0.400. The number of nitrogen functional groups attached to an aromatic ring is 1. The van der Waals surface area contributed by atoms with Crippen LogP contribution in [0, 0.1) is 5.41 Å². The molecule has 16 heavy (non-hydrogen) atoms. The highest BCUT2D eigenvalue weighted by Gasteiger charge is 2.15. The lowest BCUT2D eigenvalue weighted by atomic mass is 9.92. The first-order valence-electron chi connectivity index (χ1n) is 5.71. The SMILES string of the molecule is CCCc1c(N)nc(CC(C)(C)C)[nH]c1=O. The van der Waals surface area contributed by atoms with Crippen LogP contribution in [0.5, 0.6) is 0 Å². The van der Waals surface area contributed by atoms with Gasteiger partial charge in [0.25, 0.3) is 5.56 Å². The summed E-state index contributed by atoms with van der Waals surface area (Å²) < 4.78 is 0. The Kier molecular flexibility index (Phi) is 3.73. The minimum atomic E-state index is -0.0893. The topological polar surface area (TPSA) is 71.8 Å². The van der Waals surface area contributed by atoms with Crippen molar-refractivity contribution < 1.29 is 0 Å². The Labute approximate surface area is 96.3 Å². The van der Waals surface area contributed by atoms with Gasteiger partial charge in [-0.25, -0.2) is 4.98 Å². The molecule has 0 amide bonds. The summed E-state index contributed by atoms with van der Waals surface area (Å²) in [5, 5.41) is 0. The third-order valence-electron chi connectivity index (χ3n) is 2.29. The molecule has 4 nitrogen and oxygen atoms in total. The van der Waals surface area contributed by atoms with E-state index in [2.05, 4.69) is 30.7 Å². The van der Waals surface area contributed by atoms with Crippen LogP contribution in [0.1, 0.15) is 45.5 Å². The molecule has 0 unspecified atom stereocenters. The van der Waals surface area contributed by atoms with Gasteiger partial charge in [0.1, 0.15) is 11.6 Å². The Morgan fingerprint density at radius 2 is 2.00 bits per heavy atom. The smallest absolute Gasteiger partial charge is 0.256 e. The minimum absolute atomic E-state index is 0.0893. The maximum absolute atomic E-state index is 11.8. The van der Waals surface area contributed by atoms with Crippen molar-refractivity contribution in [3.63, 3.8) is 0 Å². The number of aromatic nitrogens is 2. The van der Waals surface area contributed by atoms with E-state index < -0.39 is 0 Å². The fourth-order valence-corrected chi connectivity index (χ4v) is 1.64. The minimum Gasteiger partial charge on any atom is -0.383 e. The van der Waals surface area contributed by atoms with Crippen LogP contribution in [-0.2, 0) is 12.8 Å². The first kappa shape index (κ1) is 12.7. The van der Waals surface area contributed by atoms with Crippen LogP contribution in [0.25, 0.3) is 0 Å². The van der Waals surface area contributed by atoms with Crippen LogP contribution in [0.3, 0.4) is 0 Å². The quantitative estimate of drug-likeness (QED) is 0.822. The van der Waals surface area contributed by atoms with Gasteiger partial charge < -0.3 is 10.7 Å². The van der Waals surface area contributed by atoms with E-state index in [1.54, 1.807) is 0 Å². The van der Waals surface area contributed by atoms with Gasteiger partial charge in [-0.1, -0.05) is 34.1 Å². The summed E-state index contributed by atoms with van der Waals surface area (Å²) in [6, 6.07) is 0. The van der Waals surface area contributed by atoms with E-state index in [4.69, 9.17) is 5.73 Å². The van der Waals surface area contributed by atoms with E-state index in [9.17, 15) is 4.79 Å². The van der Waals surface area contributed by atoms with Gasteiger partial charge in [-0.15, -0.1) is 0 Å². The standard InChI is InChI=1S/C12H21N3O/c1-5-6-8-10(13)14-9(15-11(8)16)7-12(2,3)4/h5-7H2,1-4H3,(H3,13,14,15,16). The van der Waals surface area contributed by atoms with Gasteiger partial charge in [-0.05, 0) is 11.8 Å². The largest absolute Gasteiger partial charge is 0.383 e. The van der Waals surface area contributed by atoms with Gasteiger partial charge >= 0.3 is 0 Å². The summed E-state index contributed by atoms with van der Waals surface area (Å²) in [5.41, 5.74) is 6.41. The van der Waals surface area contributed by atoms with E-state index in [1.165, 1.54) is 0 Å². The fraction of sp³-hybridized carbons (Fsp3) is 0.667. The normalized spacial score (nSPS) is 11.8. The molecule has 90 valence electrons. The molecule has 1 aromatic rings. The zero-order valence-electron chi connectivity index (χ0n) is 10.6. The summed E-state index contributed by atoms with van der Waals surface area (Å²) in [7, 11) is 0. The average molecular weight is 223 g/mol. The lowest BCUT2D eigenvalue weighted by Crippen LogP contribution is -2.22. The molecule has 1 aromatic heterocycles. The lowest BCUT2D eigenvalue weighted by Gasteiger charge is -2.17. The van der Waals surface area contributed by atoms with Crippen molar-refractivity contribution >= 4 is 5.82 Å². The second-order valence-electron chi connectivity index (χ2n) is 5.36. The van der Waals surface area contributed by atoms with Crippen molar-refractivity contribution in [3.05, 3.63) is 21.7 Å². The van der Waals surface area contributed by atoms with Crippen molar-refractivity contribution in [2.45, 2.75) is 47.0 Å². The van der Waals surface area contributed by atoms with Crippen LogP contribution >= 0.6 is 0 Å². The zero-order chi connectivity index (χ0) is 12.3. The summed E-state index contributed by atoms with van der Waals surface area (Å²) in [5.74, 6) is 1.06. The Morgan fingerprint density at radius 3 is 2.44 bits per heavy atom. The molecule has 0 aromatic carbocycles. The molecule has 0 saturated carbocycles. The number of nitrogens with one attached hydrogen (secondary N) is 1. The van der Waals surface area contributed by atoms with Crippen LogP contribution in [0.4, 0.5) is 5.82 Å². The highest BCUT2D eigenvalue weighted by molar-refractivity contribution is 5.37. The molecule has 3 N–H and O–H groups in total. The second kappa shape index (κ2) is 4.68. The highest BCUT2D eigenvalue weighted by atomic mass is 16.1. The third kappa shape index (κ3) is 3.36. The fourth-order valence-electron chi connectivity index (χ4n) is 1.64. The number of nitrogens with two attached hydrogens (primary N) is 1. The molecule has 0 saturated heterocycles. The van der Waals surface area contributed by atoms with E-state index in [0.717, 1.165) is 12.8 Å². The molecule has 1 heterocycles. The Bertz CT molecular complexity index is 415. The van der Waals surface area contributed by atoms with E-state index >= 15 is 0 Å². The van der Waals surface area contributed by atoms with Crippen LogP contribution in [0.2, 0.25) is 0 Å². The number of rotatable bonds is 3. The van der Waals surface area contributed by atoms with Crippen molar-refractivity contribution in [3.8, 4) is 0 Å². The van der Waals surface area contributed by atoms with Crippen LogP contribution < -0.4 is 11.3 Å². The van der Waals surface area contributed by atoms with Crippen molar-refractivity contribution in [1.82, 2.24) is 9.97 Å². The highest BCUT2D eigenvalue weighted by Crippen LogP contribution is 2.18. The van der Waals surface area contributed by atoms with Gasteiger partial charge in [0.15, 0.2) is 0 Å². The Morgan fingerprint density at radius 1 is 1.38 bits per heavy atom. The zero-order valence-corrected chi connectivity index (χ0v) is 10.6. The molecule has 0 spiro atoms. The number of aromatic amines is 1. The second-order valence-corrected chi connectivity index (χ2v) is 5.36. The molecule has 0 fully saturated rings. The monoisotopic (exact) mass is 223 g/mol. The third-order valence-corrected chi connectivity index (χ3v) is 2.29. The first-order chi connectivity index (χ1) is 7.33. The molecule has 0 aliphatic rings. The Hall–Kier alpha value is -1.32. The maximum atomic E-state index is 11.8. The summed E-state index contributed by atoms with van der Waals surface area (Å²) in [6.45, 7) is 8.32. The molecule has 4 heteroatoms. The predicted molar refractivity (Wildman–Crippen MR) is 66.4 cm³/mol. The van der Waals surface area contributed by atoms with Crippen molar-refractivity contribution in [2.75, 3.05) is 5.73 Å².